The molecule has 0 saturated heterocycles. The summed E-state index contributed by atoms with van der Waals surface area (Å²) < 4.78 is 5.17. The van der Waals surface area contributed by atoms with Gasteiger partial charge in [0.25, 0.3) is 0 Å². The van der Waals surface area contributed by atoms with Gasteiger partial charge in [-0.25, -0.2) is 9.97 Å². The first-order valence-electron chi connectivity index (χ1n) is 8.17. The van der Waals surface area contributed by atoms with E-state index in [0.29, 0.717) is 6.54 Å². The molecule has 5 heteroatoms. The lowest BCUT2D eigenvalue weighted by molar-refractivity contribution is 0.414. The Labute approximate surface area is 148 Å². The van der Waals surface area contributed by atoms with Gasteiger partial charge in [0, 0.05) is 18.3 Å². The number of anilines is 3. The second kappa shape index (κ2) is 7.66. The van der Waals surface area contributed by atoms with Crippen molar-refractivity contribution in [3.63, 3.8) is 0 Å². The van der Waals surface area contributed by atoms with Crippen molar-refractivity contribution in [1.29, 1.82) is 0 Å². The Morgan fingerprint density at radius 3 is 2.36 bits per heavy atom. The highest BCUT2D eigenvalue weighted by atomic mass is 16.5. The zero-order chi connectivity index (χ0) is 17.6. The fraction of sp³-hybridized carbons (Fsp3) is 0.200. The van der Waals surface area contributed by atoms with E-state index in [0.717, 1.165) is 28.6 Å². The summed E-state index contributed by atoms with van der Waals surface area (Å²) in [7, 11) is 1.66. The first-order chi connectivity index (χ1) is 12.1. The van der Waals surface area contributed by atoms with Crippen molar-refractivity contribution in [1.82, 2.24) is 9.97 Å². The number of nitrogens with one attached hydrogen (secondary N) is 2. The Kier molecular flexibility index (Phi) is 5.14. The number of ether oxygens (including phenoxy) is 1. The monoisotopic (exact) mass is 334 g/mol. The molecule has 0 spiro atoms. The van der Waals surface area contributed by atoms with Crippen molar-refractivity contribution in [3.05, 3.63) is 71.5 Å². The predicted molar refractivity (Wildman–Crippen MR) is 102 cm³/mol. The van der Waals surface area contributed by atoms with Crippen LogP contribution in [0.1, 0.15) is 16.7 Å². The van der Waals surface area contributed by atoms with Crippen molar-refractivity contribution in [2.45, 2.75) is 20.4 Å². The SMILES string of the molecule is COc1ccc(CNc2cc(Nc3ccc(C)c(C)c3)ncn2)cc1. The summed E-state index contributed by atoms with van der Waals surface area (Å²) in [6.07, 6.45) is 1.56. The number of nitrogens with zero attached hydrogens (tertiary/aromatic N) is 2. The molecule has 1 heterocycles. The molecular weight excluding hydrogens is 312 g/mol. The van der Waals surface area contributed by atoms with Gasteiger partial charge in [-0.1, -0.05) is 18.2 Å². The van der Waals surface area contributed by atoms with Crippen molar-refractivity contribution >= 4 is 17.3 Å². The molecule has 3 rings (SSSR count). The van der Waals surface area contributed by atoms with E-state index in [1.54, 1.807) is 13.4 Å². The van der Waals surface area contributed by atoms with Crippen LogP contribution in [0.4, 0.5) is 17.3 Å². The van der Waals surface area contributed by atoms with Crippen LogP contribution in [0.15, 0.2) is 54.9 Å². The van der Waals surface area contributed by atoms with Crippen molar-refractivity contribution in [2.75, 3.05) is 17.7 Å². The highest BCUT2D eigenvalue weighted by Gasteiger charge is 2.02. The quantitative estimate of drug-likeness (QED) is 0.697. The minimum absolute atomic E-state index is 0.685. The van der Waals surface area contributed by atoms with E-state index in [9.17, 15) is 0 Å². The molecule has 3 aromatic rings. The molecule has 25 heavy (non-hydrogen) atoms. The zero-order valence-corrected chi connectivity index (χ0v) is 14.7. The number of methoxy groups -OCH3 is 1. The lowest BCUT2D eigenvalue weighted by Crippen LogP contribution is -2.03. The fourth-order valence-electron chi connectivity index (χ4n) is 2.43. The summed E-state index contributed by atoms with van der Waals surface area (Å²) >= 11 is 0. The molecule has 0 bridgehead atoms. The first kappa shape index (κ1) is 16.8. The van der Waals surface area contributed by atoms with Crippen molar-refractivity contribution < 1.29 is 4.74 Å². The lowest BCUT2D eigenvalue weighted by atomic mass is 10.1. The third-order valence-corrected chi connectivity index (χ3v) is 4.08. The summed E-state index contributed by atoms with van der Waals surface area (Å²) in [5.74, 6) is 2.39. The van der Waals surface area contributed by atoms with E-state index in [2.05, 4.69) is 52.6 Å². The average Bonchev–Trinajstić information content (AvgIpc) is 2.64. The highest BCUT2D eigenvalue weighted by molar-refractivity contribution is 5.60. The molecule has 5 nitrogen and oxygen atoms in total. The molecular formula is C20H22N4O. The molecule has 0 aliphatic heterocycles. The van der Waals surface area contributed by atoms with Crippen molar-refractivity contribution in [3.8, 4) is 5.75 Å². The number of hydrogen-bond donors (Lipinski definition) is 2. The maximum atomic E-state index is 5.17. The second-order valence-corrected chi connectivity index (χ2v) is 5.91. The van der Waals surface area contributed by atoms with E-state index in [4.69, 9.17) is 4.74 Å². The number of rotatable bonds is 6. The number of aryl methyl sites for hydroxylation is 2. The van der Waals surface area contributed by atoms with Crippen LogP contribution in [0.5, 0.6) is 5.75 Å². The van der Waals surface area contributed by atoms with Gasteiger partial charge in [0.2, 0.25) is 0 Å². The molecule has 0 fully saturated rings. The van der Waals surface area contributed by atoms with E-state index in [-0.39, 0.29) is 0 Å². The van der Waals surface area contributed by atoms with Gasteiger partial charge in [0.05, 0.1) is 7.11 Å². The van der Waals surface area contributed by atoms with E-state index in [1.165, 1.54) is 11.1 Å². The Balaban J connectivity index is 1.65. The molecule has 0 saturated carbocycles. The van der Waals surface area contributed by atoms with Crippen LogP contribution in [0.3, 0.4) is 0 Å². The zero-order valence-electron chi connectivity index (χ0n) is 14.7. The molecule has 1 aromatic heterocycles. The first-order valence-corrected chi connectivity index (χ1v) is 8.17. The van der Waals surface area contributed by atoms with Crippen LogP contribution in [-0.2, 0) is 6.54 Å². The highest BCUT2D eigenvalue weighted by Crippen LogP contribution is 2.20. The van der Waals surface area contributed by atoms with Gasteiger partial charge < -0.3 is 15.4 Å². The molecule has 0 unspecified atom stereocenters. The Morgan fingerprint density at radius 1 is 0.880 bits per heavy atom. The van der Waals surface area contributed by atoms with Crippen LogP contribution >= 0.6 is 0 Å². The van der Waals surface area contributed by atoms with Crippen molar-refractivity contribution in [2.24, 2.45) is 0 Å². The molecule has 0 aliphatic rings. The Hall–Kier alpha value is -3.08. The van der Waals surface area contributed by atoms with Gasteiger partial charge in [0.1, 0.15) is 23.7 Å². The van der Waals surface area contributed by atoms with E-state index in [1.807, 2.05) is 30.3 Å². The minimum atomic E-state index is 0.685. The van der Waals surface area contributed by atoms with Crippen LogP contribution in [0, 0.1) is 13.8 Å². The lowest BCUT2D eigenvalue weighted by Gasteiger charge is -2.10. The number of hydrogen-bond acceptors (Lipinski definition) is 5. The fourth-order valence-corrected chi connectivity index (χ4v) is 2.43. The Morgan fingerprint density at radius 2 is 1.64 bits per heavy atom. The van der Waals surface area contributed by atoms with Gasteiger partial charge in [-0.3, -0.25) is 0 Å². The summed E-state index contributed by atoms with van der Waals surface area (Å²) in [6, 6.07) is 16.1. The van der Waals surface area contributed by atoms with Gasteiger partial charge in [-0.2, -0.15) is 0 Å². The summed E-state index contributed by atoms with van der Waals surface area (Å²) in [4.78, 5) is 8.56. The van der Waals surface area contributed by atoms with Crippen LogP contribution < -0.4 is 15.4 Å². The summed E-state index contributed by atoms with van der Waals surface area (Å²) in [6.45, 7) is 4.89. The van der Waals surface area contributed by atoms with Gasteiger partial charge in [0.15, 0.2) is 0 Å². The standard InChI is InChI=1S/C20H22N4O/c1-14-4-7-17(10-15(14)2)24-20-11-19(22-13-23-20)21-12-16-5-8-18(25-3)9-6-16/h4-11,13H,12H2,1-3H3,(H2,21,22,23,24). The van der Waals surface area contributed by atoms with Crippen LogP contribution in [-0.4, -0.2) is 17.1 Å². The molecule has 0 radical (unpaired) electrons. The topological polar surface area (TPSA) is 59.1 Å². The molecule has 0 amide bonds. The maximum absolute atomic E-state index is 5.17. The van der Waals surface area contributed by atoms with E-state index < -0.39 is 0 Å². The molecule has 0 atom stereocenters. The third kappa shape index (κ3) is 4.47. The normalized spacial score (nSPS) is 10.4. The number of benzene rings is 2. The Bertz CT molecular complexity index is 847. The summed E-state index contributed by atoms with van der Waals surface area (Å²) in [5, 5.41) is 6.63. The second-order valence-electron chi connectivity index (χ2n) is 5.91. The third-order valence-electron chi connectivity index (χ3n) is 4.08. The van der Waals surface area contributed by atoms with Crippen LogP contribution in [0.2, 0.25) is 0 Å². The van der Waals surface area contributed by atoms with Gasteiger partial charge >= 0.3 is 0 Å². The molecule has 2 aromatic carbocycles. The minimum Gasteiger partial charge on any atom is -0.497 e. The summed E-state index contributed by atoms with van der Waals surface area (Å²) in [5.41, 5.74) is 4.69. The molecule has 128 valence electrons. The van der Waals surface area contributed by atoms with Gasteiger partial charge in [-0.05, 0) is 54.8 Å². The number of aromatic nitrogens is 2. The van der Waals surface area contributed by atoms with E-state index >= 15 is 0 Å². The molecule has 2 N–H and O–H groups in total. The smallest absolute Gasteiger partial charge is 0.135 e. The maximum Gasteiger partial charge on any atom is 0.135 e. The largest absolute Gasteiger partial charge is 0.497 e. The average molecular weight is 334 g/mol. The molecule has 0 aliphatic carbocycles. The van der Waals surface area contributed by atoms with Crippen LogP contribution in [0.25, 0.3) is 0 Å². The predicted octanol–water partition coefficient (Wildman–Crippen LogP) is 4.46. The van der Waals surface area contributed by atoms with Gasteiger partial charge in [-0.15, -0.1) is 0 Å².